The molecule has 3 N–H and O–H groups in total. The summed E-state index contributed by atoms with van der Waals surface area (Å²) in [6, 6.07) is 8.45. The monoisotopic (exact) mass is 633 g/mol. The zero-order valence-electron chi connectivity index (χ0n) is 29.4. The average molecular weight is 634 g/mol. The van der Waals surface area contributed by atoms with Gasteiger partial charge >= 0.3 is 5.97 Å². The van der Waals surface area contributed by atoms with E-state index in [0.717, 1.165) is 44.1 Å². The van der Waals surface area contributed by atoms with Gasteiger partial charge in [-0.1, -0.05) is 91.3 Å². The molecule has 1 aromatic rings. The van der Waals surface area contributed by atoms with Gasteiger partial charge in [-0.25, -0.2) is 4.79 Å². The first-order chi connectivity index (χ1) is 21.3. The highest BCUT2D eigenvalue weighted by atomic mass is 16.4. The van der Waals surface area contributed by atoms with Gasteiger partial charge < -0.3 is 15.5 Å². The molecule has 6 nitrogen and oxygen atoms in total. The Morgan fingerprint density at radius 2 is 1.61 bits per heavy atom. The molecule has 254 valence electrons. The zero-order chi connectivity index (χ0) is 33.7. The van der Waals surface area contributed by atoms with Gasteiger partial charge in [0.1, 0.15) is 6.04 Å². The average Bonchev–Trinajstić information content (AvgIpc) is 2.96. The van der Waals surface area contributed by atoms with Crippen LogP contribution in [0.3, 0.4) is 0 Å². The molecule has 0 spiro atoms. The maximum atomic E-state index is 14.7. The number of carboxylic acids is 1. The standard InChI is InChI=1S/C40H57NO5.H2/c1-24-22-37(5)19-18-36(4,34(46)41-27(33(44)45)20-25-12-10-9-11-13-25)23-40(37,8)26-21-28(42)32-38(6)17-15-30(43)35(2,3)29(38)14-16-39(32,7)31(24)26;/h9-13,21,24,27,29-32,43H,14-20,22-23H2,1-8H3,(H,41,46)(H,44,45);1H/t24-,27?,29?,30-,31?,32?,36-,37+,38-,39-,40-;/m0./s1. The fourth-order valence-corrected chi connectivity index (χ4v) is 12.7. The van der Waals surface area contributed by atoms with Crippen LogP contribution in [-0.2, 0) is 20.8 Å². The van der Waals surface area contributed by atoms with E-state index in [0.29, 0.717) is 24.7 Å². The lowest BCUT2D eigenvalue weighted by Crippen LogP contribution is -2.66. The summed E-state index contributed by atoms with van der Waals surface area (Å²) in [5.74, 6) is -0.110. The van der Waals surface area contributed by atoms with Gasteiger partial charge in [0.25, 0.3) is 0 Å². The fraction of sp³-hybridized carbons (Fsp3) is 0.725. The molecule has 0 radical (unpaired) electrons. The van der Waals surface area contributed by atoms with Gasteiger partial charge in [0.2, 0.25) is 5.91 Å². The van der Waals surface area contributed by atoms with E-state index in [1.807, 2.05) is 43.3 Å². The second-order valence-corrected chi connectivity index (χ2v) is 18.3. The van der Waals surface area contributed by atoms with E-state index in [-0.39, 0.29) is 64.6 Å². The smallest absolute Gasteiger partial charge is 0.326 e. The second-order valence-electron chi connectivity index (χ2n) is 18.3. The summed E-state index contributed by atoms with van der Waals surface area (Å²) in [7, 11) is 0. The normalized spacial score (nSPS) is 45.2. The Labute approximate surface area is 277 Å². The number of rotatable bonds is 5. The third kappa shape index (κ3) is 4.70. The number of carboxylic acid groups (broad SMARTS) is 1. The van der Waals surface area contributed by atoms with Gasteiger partial charge in [-0.05, 0) is 108 Å². The van der Waals surface area contributed by atoms with Crippen molar-refractivity contribution in [2.45, 2.75) is 125 Å². The number of aliphatic carboxylic acids is 1. The van der Waals surface area contributed by atoms with Crippen LogP contribution in [0.25, 0.3) is 0 Å². The number of carbonyl (C=O) groups is 3. The highest BCUT2D eigenvalue weighted by Gasteiger charge is 2.70. The molecule has 0 bridgehead atoms. The number of aliphatic hydroxyl groups excluding tert-OH is 1. The number of ketones is 1. The summed E-state index contributed by atoms with van der Waals surface area (Å²) < 4.78 is 0. The summed E-state index contributed by atoms with van der Waals surface area (Å²) in [6.45, 7) is 18.2. The molecule has 11 atom stereocenters. The van der Waals surface area contributed by atoms with Crippen molar-refractivity contribution in [1.82, 2.24) is 5.32 Å². The Kier molecular flexibility index (Phi) is 7.83. The molecule has 5 aliphatic carbocycles. The molecule has 6 rings (SSSR count). The molecule has 4 saturated carbocycles. The molecule has 5 aliphatic rings. The number of benzene rings is 1. The van der Waals surface area contributed by atoms with Crippen LogP contribution < -0.4 is 5.32 Å². The lowest BCUT2D eigenvalue weighted by molar-refractivity contribution is -0.197. The molecule has 4 fully saturated rings. The van der Waals surface area contributed by atoms with Gasteiger partial charge in [-0.2, -0.15) is 0 Å². The van der Waals surface area contributed by atoms with Crippen LogP contribution in [0.1, 0.15) is 114 Å². The van der Waals surface area contributed by atoms with Crippen molar-refractivity contribution in [3.05, 3.63) is 47.5 Å². The van der Waals surface area contributed by atoms with E-state index in [9.17, 15) is 24.6 Å². The van der Waals surface area contributed by atoms with Crippen molar-refractivity contribution in [3.8, 4) is 0 Å². The topological polar surface area (TPSA) is 104 Å². The minimum Gasteiger partial charge on any atom is -0.480 e. The van der Waals surface area contributed by atoms with Crippen molar-refractivity contribution in [3.63, 3.8) is 0 Å². The first kappa shape index (κ1) is 33.4. The van der Waals surface area contributed by atoms with E-state index in [4.69, 9.17) is 0 Å². The van der Waals surface area contributed by atoms with Crippen molar-refractivity contribution in [1.29, 1.82) is 0 Å². The minimum atomic E-state index is -1.03. The molecule has 4 unspecified atom stereocenters. The Hall–Kier alpha value is -2.47. The maximum absolute atomic E-state index is 14.7. The molecule has 0 heterocycles. The van der Waals surface area contributed by atoms with Crippen LogP contribution in [0.4, 0.5) is 0 Å². The Bertz CT molecular complexity index is 1460. The van der Waals surface area contributed by atoms with Crippen molar-refractivity contribution in [2.24, 2.45) is 56.2 Å². The number of aliphatic hydroxyl groups is 1. The first-order valence-corrected chi connectivity index (χ1v) is 17.8. The second kappa shape index (κ2) is 10.8. The maximum Gasteiger partial charge on any atom is 0.326 e. The summed E-state index contributed by atoms with van der Waals surface area (Å²) in [5.41, 5.74) is 0.360. The van der Waals surface area contributed by atoms with Gasteiger partial charge in [0, 0.05) is 19.2 Å². The lowest BCUT2D eigenvalue weighted by Gasteiger charge is -2.70. The van der Waals surface area contributed by atoms with Crippen molar-refractivity contribution < 1.29 is 26.0 Å². The molecule has 1 amide bonds. The summed E-state index contributed by atoms with van der Waals surface area (Å²) in [6.07, 6.45) is 8.73. The number of amides is 1. The molecule has 0 aliphatic heterocycles. The van der Waals surface area contributed by atoms with E-state index in [2.05, 4.69) is 53.8 Å². The van der Waals surface area contributed by atoms with Crippen LogP contribution in [0, 0.1) is 56.2 Å². The molecule has 46 heavy (non-hydrogen) atoms. The van der Waals surface area contributed by atoms with Crippen LogP contribution in [0.2, 0.25) is 0 Å². The fourth-order valence-electron chi connectivity index (χ4n) is 12.7. The van der Waals surface area contributed by atoms with Gasteiger partial charge in [-0.3, -0.25) is 9.59 Å². The molecule has 6 heteroatoms. The SMILES string of the molecule is C[C@H]1C[C@@]2(C)CC[C@](C)(C(=O)NC(Cc3ccccc3)C(=O)O)C[C@@]2(C)C2=CC(=O)C3[C@@](C)(CCC4C(C)(C)[C@@H](O)CC[C@@]43C)C21.[HH]. The van der Waals surface area contributed by atoms with Crippen LogP contribution in [0.5, 0.6) is 0 Å². The summed E-state index contributed by atoms with van der Waals surface area (Å²) in [4.78, 5) is 41.1. The molecule has 1 aromatic carbocycles. The third-order valence-corrected chi connectivity index (χ3v) is 15.1. The predicted octanol–water partition coefficient (Wildman–Crippen LogP) is 7.63. The van der Waals surface area contributed by atoms with Gasteiger partial charge in [0.05, 0.1) is 6.10 Å². The number of nitrogens with one attached hydrogen (secondary N) is 1. The highest BCUT2D eigenvalue weighted by Crippen LogP contribution is 2.75. The number of hydrogen-bond donors (Lipinski definition) is 3. The Morgan fingerprint density at radius 1 is 0.957 bits per heavy atom. The number of fused-ring (bicyclic) bond motifs is 7. The first-order valence-electron chi connectivity index (χ1n) is 17.8. The number of allylic oxidation sites excluding steroid dienone is 2. The third-order valence-electron chi connectivity index (χ3n) is 15.1. The van der Waals surface area contributed by atoms with Gasteiger partial charge in [-0.15, -0.1) is 0 Å². The Balaban J connectivity index is 0.00000433. The van der Waals surface area contributed by atoms with Crippen molar-refractivity contribution >= 4 is 17.7 Å². The zero-order valence-corrected chi connectivity index (χ0v) is 29.4. The van der Waals surface area contributed by atoms with E-state index in [1.54, 1.807) is 0 Å². The number of carbonyl (C=O) groups excluding carboxylic acids is 2. The minimum absolute atomic E-state index is 0. The summed E-state index contributed by atoms with van der Waals surface area (Å²) >= 11 is 0. The van der Waals surface area contributed by atoms with Crippen LogP contribution >= 0.6 is 0 Å². The van der Waals surface area contributed by atoms with E-state index in [1.165, 1.54) is 5.57 Å². The quantitative estimate of drug-likeness (QED) is 0.309. The number of hydrogen-bond acceptors (Lipinski definition) is 4. The lowest BCUT2D eigenvalue weighted by atomic mass is 9.33. The Morgan fingerprint density at radius 3 is 2.26 bits per heavy atom. The van der Waals surface area contributed by atoms with Crippen LogP contribution in [0.15, 0.2) is 42.0 Å². The van der Waals surface area contributed by atoms with E-state index >= 15 is 0 Å². The molecule has 0 saturated heterocycles. The molecular formula is C40H59NO5. The van der Waals surface area contributed by atoms with E-state index < -0.39 is 17.4 Å². The highest BCUT2D eigenvalue weighted by molar-refractivity contribution is 5.95. The van der Waals surface area contributed by atoms with Gasteiger partial charge in [0.15, 0.2) is 5.78 Å². The van der Waals surface area contributed by atoms with Crippen LogP contribution in [-0.4, -0.2) is 40.0 Å². The summed E-state index contributed by atoms with van der Waals surface area (Å²) in [5, 5.41) is 24.0. The largest absolute Gasteiger partial charge is 0.480 e. The van der Waals surface area contributed by atoms with Crippen molar-refractivity contribution in [2.75, 3.05) is 0 Å². The molecule has 0 aromatic heterocycles. The molecular weight excluding hydrogens is 574 g/mol. The predicted molar refractivity (Wildman–Crippen MR) is 182 cm³/mol.